The van der Waals surface area contributed by atoms with Crippen molar-refractivity contribution >= 4 is 45.6 Å². The van der Waals surface area contributed by atoms with E-state index in [-0.39, 0.29) is 24.0 Å². The van der Waals surface area contributed by atoms with Crippen LogP contribution in [-0.2, 0) is 10.0 Å². The first-order valence-corrected chi connectivity index (χ1v) is 9.28. The first-order valence-electron chi connectivity index (χ1n) is 7.43. The zero-order valence-electron chi connectivity index (χ0n) is 13.5. The molecular weight excluding hydrogens is 427 g/mol. The van der Waals surface area contributed by atoms with Crippen molar-refractivity contribution in [3.63, 3.8) is 0 Å². The highest BCUT2D eigenvalue weighted by molar-refractivity contribution is 14.0. The number of rotatable bonds is 4. The number of nitrogens with two attached hydrogens (primary N) is 1. The van der Waals surface area contributed by atoms with Gasteiger partial charge < -0.3 is 11.1 Å². The minimum absolute atomic E-state index is 0. The summed E-state index contributed by atoms with van der Waals surface area (Å²) >= 11 is 0. The van der Waals surface area contributed by atoms with E-state index in [4.69, 9.17) is 5.73 Å². The van der Waals surface area contributed by atoms with Crippen molar-refractivity contribution < 1.29 is 8.42 Å². The number of anilines is 1. The summed E-state index contributed by atoms with van der Waals surface area (Å²) < 4.78 is 24.4. The zero-order chi connectivity index (χ0) is 16.2. The first kappa shape index (κ1) is 20.2. The summed E-state index contributed by atoms with van der Waals surface area (Å²) in [5.41, 5.74) is 7.98. The van der Waals surface area contributed by atoms with Crippen molar-refractivity contribution in [2.45, 2.75) is 19.8 Å². The Bertz CT molecular complexity index is 641. The number of guanidine groups is 1. The van der Waals surface area contributed by atoms with Crippen LogP contribution in [0.4, 0.5) is 5.69 Å². The van der Waals surface area contributed by atoms with Gasteiger partial charge in [-0.3, -0.25) is 4.99 Å². The van der Waals surface area contributed by atoms with Crippen LogP contribution in [0.5, 0.6) is 0 Å². The number of hydrogen-bond donors (Lipinski definition) is 2. The number of aryl methyl sites for hydroxylation is 1. The van der Waals surface area contributed by atoms with Crippen molar-refractivity contribution in [1.29, 1.82) is 0 Å². The van der Waals surface area contributed by atoms with E-state index in [1.807, 2.05) is 31.2 Å². The van der Waals surface area contributed by atoms with Gasteiger partial charge in [0.25, 0.3) is 0 Å². The standard InChI is InChI=1S/C15H24N4O2S.HI/c1-12-4-3-5-14(10-12)18-15(16)17-11-13-6-8-19(9-7-13)22(2,20)21;/h3-5,10,13H,6-9,11H2,1-2H3,(H3,16,17,18);1H. The maximum absolute atomic E-state index is 11.5. The third-order valence-corrected chi connectivity index (χ3v) is 5.16. The highest BCUT2D eigenvalue weighted by atomic mass is 127. The van der Waals surface area contributed by atoms with E-state index in [9.17, 15) is 8.42 Å². The molecule has 8 heteroatoms. The molecular formula is C15H25IN4O2S. The van der Waals surface area contributed by atoms with Crippen molar-refractivity contribution in [3.05, 3.63) is 29.8 Å². The predicted molar refractivity (Wildman–Crippen MR) is 106 cm³/mol. The second-order valence-corrected chi connectivity index (χ2v) is 7.81. The molecule has 130 valence electrons. The Morgan fingerprint density at radius 1 is 1.39 bits per heavy atom. The lowest BCUT2D eigenvalue weighted by molar-refractivity contribution is 0.280. The molecule has 2 rings (SSSR count). The largest absolute Gasteiger partial charge is 0.370 e. The van der Waals surface area contributed by atoms with Crippen LogP contribution in [0.25, 0.3) is 0 Å². The Morgan fingerprint density at radius 3 is 2.61 bits per heavy atom. The number of sulfonamides is 1. The number of piperidine rings is 1. The monoisotopic (exact) mass is 452 g/mol. The van der Waals surface area contributed by atoms with E-state index in [1.54, 1.807) is 0 Å². The summed E-state index contributed by atoms with van der Waals surface area (Å²) in [5.74, 6) is 0.784. The molecule has 23 heavy (non-hydrogen) atoms. The Kier molecular flexibility index (Phi) is 7.75. The van der Waals surface area contributed by atoms with Crippen LogP contribution < -0.4 is 11.1 Å². The van der Waals surface area contributed by atoms with E-state index in [0.29, 0.717) is 31.5 Å². The summed E-state index contributed by atoms with van der Waals surface area (Å²) in [5, 5.41) is 3.08. The van der Waals surface area contributed by atoms with Gasteiger partial charge in [-0.2, -0.15) is 0 Å². The van der Waals surface area contributed by atoms with E-state index in [0.717, 1.165) is 24.1 Å². The molecule has 1 saturated heterocycles. The van der Waals surface area contributed by atoms with Gasteiger partial charge in [0.2, 0.25) is 10.0 Å². The van der Waals surface area contributed by atoms with Gasteiger partial charge in [-0.1, -0.05) is 12.1 Å². The fourth-order valence-corrected chi connectivity index (χ4v) is 3.44. The molecule has 0 atom stereocenters. The topological polar surface area (TPSA) is 87.8 Å². The lowest BCUT2D eigenvalue weighted by Gasteiger charge is -2.29. The van der Waals surface area contributed by atoms with Gasteiger partial charge in [0, 0.05) is 25.3 Å². The minimum atomic E-state index is -3.06. The average molecular weight is 452 g/mol. The Balaban J connectivity index is 0.00000264. The smallest absolute Gasteiger partial charge is 0.211 e. The van der Waals surface area contributed by atoms with Gasteiger partial charge in [-0.25, -0.2) is 12.7 Å². The Hall–Kier alpha value is -0.870. The second kappa shape index (κ2) is 8.84. The summed E-state index contributed by atoms with van der Waals surface area (Å²) in [6.45, 7) is 3.80. The van der Waals surface area contributed by atoms with Crippen molar-refractivity contribution in [2.24, 2.45) is 16.6 Å². The predicted octanol–water partition coefficient (Wildman–Crippen LogP) is 2.01. The summed E-state index contributed by atoms with van der Waals surface area (Å²) in [6, 6.07) is 7.94. The van der Waals surface area contributed by atoms with Crippen LogP contribution in [0.1, 0.15) is 18.4 Å². The van der Waals surface area contributed by atoms with Gasteiger partial charge >= 0.3 is 0 Å². The highest BCUT2D eigenvalue weighted by Crippen LogP contribution is 2.19. The molecule has 1 heterocycles. The molecule has 0 unspecified atom stereocenters. The van der Waals surface area contributed by atoms with Crippen molar-refractivity contribution in [3.8, 4) is 0 Å². The number of aliphatic imine (C=N–C) groups is 1. The molecule has 1 aromatic carbocycles. The van der Waals surface area contributed by atoms with Gasteiger partial charge in [0.15, 0.2) is 5.96 Å². The third kappa shape index (κ3) is 6.64. The summed E-state index contributed by atoms with van der Waals surface area (Å²) in [7, 11) is -3.06. The fraction of sp³-hybridized carbons (Fsp3) is 0.533. The molecule has 0 saturated carbocycles. The van der Waals surface area contributed by atoms with Crippen LogP contribution >= 0.6 is 24.0 Å². The molecule has 0 spiro atoms. The maximum Gasteiger partial charge on any atom is 0.211 e. The molecule has 0 bridgehead atoms. The SMILES string of the molecule is Cc1cccc(NC(N)=NCC2CCN(S(C)(=O)=O)CC2)c1.I. The maximum atomic E-state index is 11.5. The van der Waals surface area contributed by atoms with Crippen molar-refractivity contribution in [1.82, 2.24) is 4.31 Å². The summed E-state index contributed by atoms with van der Waals surface area (Å²) in [4.78, 5) is 4.38. The van der Waals surface area contributed by atoms with E-state index >= 15 is 0 Å². The Labute approximate surface area is 155 Å². The van der Waals surface area contributed by atoms with Crippen molar-refractivity contribution in [2.75, 3.05) is 31.2 Å². The summed E-state index contributed by atoms with van der Waals surface area (Å²) in [6.07, 6.45) is 2.91. The van der Waals surface area contributed by atoms with Gasteiger partial charge in [0.1, 0.15) is 0 Å². The molecule has 0 amide bonds. The lowest BCUT2D eigenvalue weighted by atomic mass is 9.98. The number of hydrogen-bond acceptors (Lipinski definition) is 3. The Morgan fingerprint density at radius 2 is 2.04 bits per heavy atom. The molecule has 1 aliphatic rings. The van der Waals surface area contributed by atoms with E-state index in [1.165, 1.54) is 10.6 Å². The van der Waals surface area contributed by atoms with Crippen LogP contribution in [-0.4, -0.2) is 44.6 Å². The number of benzene rings is 1. The molecule has 0 radical (unpaired) electrons. The average Bonchev–Trinajstić information content (AvgIpc) is 2.45. The van der Waals surface area contributed by atoms with E-state index < -0.39 is 10.0 Å². The third-order valence-electron chi connectivity index (χ3n) is 3.85. The highest BCUT2D eigenvalue weighted by Gasteiger charge is 2.24. The van der Waals surface area contributed by atoms with E-state index in [2.05, 4.69) is 10.3 Å². The first-order chi connectivity index (χ1) is 10.3. The lowest BCUT2D eigenvalue weighted by Crippen LogP contribution is -2.38. The zero-order valence-corrected chi connectivity index (χ0v) is 16.7. The van der Waals surface area contributed by atoms with Crippen LogP contribution in [0.15, 0.2) is 29.3 Å². The molecule has 1 aromatic rings. The van der Waals surface area contributed by atoms with Crippen LogP contribution in [0, 0.1) is 12.8 Å². The van der Waals surface area contributed by atoms with Gasteiger partial charge in [0.05, 0.1) is 6.26 Å². The molecule has 1 aliphatic heterocycles. The number of nitrogens with zero attached hydrogens (tertiary/aromatic N) is 2. The van der Waals surface area contributed by atoms with Gasteiger partial charge in [-0.05, 0) is 43.4 Å². The van der Waals surface area contributed by atoms with Gasteiger partial charge in [-0.15, -0.1) is 24.0 Å². The molecule has 1 fully saturated rings. The van der Waals surface area contributed by atoms with Crippen LogP contribution in [0.3, 0.4) is 0 Å². The molecule has 6 nitrogen and oxygen atoms in total. The minimum Gasteiger partial charge on any atom is -0.370 e. The number of halogens is 1. The normalized spacial score (nSPS) is 17.6. The molecule has 3 N–H and O–H groups in total. The fourth-order valence-electron chi connectivity index (χ4n) is 2.56. The quantitative estimate of drug-likeness (QED) is 0.416. The number of nitrogens with one attached hydrogen (secondary N) is 1. The molecule has 0 aromatic heterocycles. The molecule has 0 aliphatic carbocycles. The van der Waals surface area contributed by atoms with Crippen LogP contribution in [0.2, 0.25) is 0 Å². The second-order valence-electron chi connectivity index (χ2n) is 5.83.